The number of hydrogen-bond donors (Lipinski definition) is 0. The lowest BCUT2D eigenvalue weighted by Gasteiger charge is -2.10. The van der Waals surface area contributed by atoms with Crippen LogP contribution in [0.1, 0.15) is 0 Å². The summed E-state index contributed by atoms with van der Waals surface area (Å²) in [6.45, 7) is 0. The van der Waals surface area contributed by atoms with Gasteiger partial charge in [-0.2, -0.15) is 0 Å². The second kappa shape index (κ2) is 40.7. The third kappa shape index (κ3) is 19.4. The van der Waals surface area contributed by atoms with Gasteiger partial charge in [0, 0.05) is 166 Å². The molecule has 0 aliphatic heterocycles. The van der Waals surface area contributed by atoms with Crippen molar-refractivity contribution in [2.75, 3.05) is 0 Å². The van der Waals surface area contributed by atoms with Gasteiger partial charge in [-0.1, -0.05) is 376 Å². The average Bonchev–Trinajstić information content (AvgIpc) is 0.791. The van der Waals surface area contributed by atoms with E-state index in [-0.39, 0.29) is 0 Å². The molecule has 0 atom stereocenters. The van der Waals surface area contributed by atoms with E-state index in [4.69, 9.17) is 59.8 Å². The molecular weight excluding hydrogens is 1770 g/mol. The first-order valence-electron chi connectivity index (χ1n) is 46.9. The second-order valence-electron chi connectivity index (χ2n) is 33.9. The maximum Gasteiger partial charge on any atom is 0.164 e. The van der Waals surface area contributed by atoms with Crippen molar-refractivity contribution in [3.8, 4) is 181 Å². The van der Waals surface area contributed by atoms with Crippen LogP contribution in [0.2, 0.25) is 0 Å². The topological polar surface area (TPSA) is 258 Å². The Bertz CT molecular complexity index is 8370. The van der Waals surface area contributed by atoms with Crippen molar-refractivity contribution in [2.45, 2.75) is 0 Å². The molecule has 0 spiro atoms. The molecular formula is C124H80N20. The quantitative estimate of drug-likeness (QED) is 0.0870. The molecule has 0 amide bonds. The fourth-order valence-corrected chi connectivity index (χ4v) is 17.3. The van der Waals surface area contributed by atoms with Gasteiger partial charge in [-0.3, -0.25) is 19.9 Å². The number of fused-ring (bicyclic) bond motifs is 6. The van der Waals surface area contributed by atoms with Crippen molar-refractivity contribution in [1.29, 1.82) is 0 Å². The van der Waals surface area contributed by atoms with E-state index in [1.54, 1.807) is 31.2 Å². The van der Waals surface area contributed by atoms with Crippen LogP contribution in [0.15, 0.2) is 487 Å². The fourth-order valence-electron chi connectivity index (χ4n) is 17.3. The van der Waals surface area contributed by atoms with Gasteiger partial charge in [0.25, 0.3) is 0 Å². The highest BCUT2D eigenvalue weighted by Gasteiger charge is 2.21. The minimum atomic E-state index is 0.587. The Hall–Kier alpha value is -20.1. The molecule has 0 aliphatic rings. The van der Waals surface area contributed by atoms with Crippen LogP contribution in [-0.4, -0.2) is 99.7 Å². The molecule has 0 bridgehead atoms. The van der Waals surface area contributed by atoms with Gasteiger partial charge in [-0.25, -0.2) is 79.7 Å². The largest absolute Gasteiger partial charge is 0.264 e. The lowest BCUT2D eigenvalue weighted by atomic mass is 10.0. The van der Waals surface area contributed by atoms with Gasteiger partial charge in [0.2, 0.25) is 0 Å². The van der Waals surface area contributed by atoms with Gasteiger partial charge in [-0.15, -0.1) is 0 Å². The molecule has 26 rings (SSSR count). The third-order valence-electron chi connectivity index (χ3n) is 24.7. The molecule has 676 valence electrons. The van der Waals surface area contributed by atoms with E-state index in [1.807, 2.05) is 280 Å². The maximum absolute atomic E-state index is 4.92. The summed E-state index contributed by atoms with van der Waals surface area (Å²) in [5.74, 6) is 7.62. The smallest absolute Gasteiger partial charge is 0.164 e. The molecule has 0 saturated heterocycles. The molecule has 0 unspecified atom stereocenters. The van der Waals surface area contributed by atoms with Crippen molar-refractivity contribution in [1.82, 2.24) is 99.7 Å². The highest BCUT2D eigenvalue weighted by atomic mass is 15.1. The molecule has 10 heterocycles. The van der Waals surface area contributed by atoms with Crippen molar-refractivity contribution in [2.24, 2.45) is 0 Å². The van der Waals surface area contributed by atoms with Gasteiger partial charge in [0.1, 0.15) is 12.7 Å². The van der Waals surface area contributed by atoms with Gasteiger partial charge in [-0.05, 0) is 86.9 Å². The van der Waals surface area contributed by atoms with Crippen LogP contribution in [0.25, 0.3) is 246 Å². The monoisotopic (exact) mass is 1850 g/mol. The molecule has 0 aliphatic carbocycles. The lowest BCUT2D eigenvalue weighted by molar-refractivity contribution is 1.07. The number of para-hydroxylation sites is 3. The summed E-state index contributed by atoms with van der Waals surface area (Å²) < 4.78 is 0. The van der Waals surface area contributed by atoms with Gasteiger partial charge in [0.15, 0.2) is 69.9 Å². The zero-order chi connectivity index (χ0) is 96.1. The van der Waals surface area contributed by atoms with Crippen molar-refractivity contribution >= 4 is 65.2 Å². The predicted octanol–water partition coefficient (Wildman–Crippen LogP) is 28.2. The summed E-state index contributed by atoms with van der Waals surface area (Å²) in [4.78, 5) is 93.0. The Morgan fingerprint density at radius 3 is 0.833 bits per heavy atom. The number of benzene rings is 16. The number of aromatic nitrogens is 20. The molecule has 0 N–H and O–H groups in total. The zero-order valence-corrected chi connectivity index (χ0v) is 77.1. The predicted molar refractivity (Wildman–Crippen MR) is 574 cm³/mol. The average molecular weight is 1850 g/mol. The number of pyridine rings is 4. The van der Waals surface area contributed by atoms with Crippen molar-refractivity contribution < 1.29 is 0 Å². The fraction of sp³-hybridized carbons (Fsp3) is 0. The van der Waals surface area contributed by atoms with Crippen LogP contribution < -0.4 is 0 Å². The standard InChI is InChI=1S/C34H22N4.C33H21N5.C31H19N7.C26H18N4/c1-2-9-26(10-3-1)32-36-33(38-34(37-32)29-20-15-23-8-4-5-11-28(23)22-29)27-18-16-24(17-19-27)30-14-6-12-25-13-7-21-35-31(25)30;1-2-6-24(7-3-1)31-36-32(38-33(37-31)27-15-16-28-21-34-19-17-26(28)20-27)25-13-11-22(12-14-25)29-10-4-8-23-9-5-18-35-30(23)29;1-2-5-21(6-3-1)29-36-30(38-31(37-29)23-13-14-24-16-32-18-34-27(24)15-23)22-11-9-20(10-12-22)26-8-4-7-25-17-33-19-35-28(25)26;1-3-9-19(10-4-1)24-28-25(20-11-5-2-6-12-20)30-26(29-24)22-14-7-13-21(17-22)23-15-8-16-27-18-23/h1-22H;1-21H;1-19H;1-18H. The molecule has 0 fully saturated rings. The Balaban J connectivity index is 0.000000107. The van der Waals surface area contributed by atoms with Crippen molar-refractivity contribution in [3.63, 3.8) is 0 Å². The summed E-state index contributed by atoms with van der Waals surface area (Å²) in [5, 5.41) is 8.72. The second-order valence-corrected chi connectivity index (χ2v) is 33.9. The third-order valence-corrected chi connectivity index (χ3v) is 24.7. The summed E-state index contributed by atoms with van der Waals surface area (Å²) in [6.07, 6.45) is 17.7. The molecule has 16 aromatic carbocycles. The number of nitrogens with zero attached hydrogens (tertiary/aromatic N) is 20. The van der Waals surface area contributed by atoms with Crippen LogP contribution in [0.4, 0.5) is 0 Å². The zero-order valence-electron chi connectivity index (χ0n) is 77.1. The molecule has 10 aromatic heterocycles. The van der Waals surface area contributed by atoms with Crippen LogP contribution in [0.3, 0.4) is 0 Å². The van der Waals surface area contributed by atoms with Crippen LogP contribution >= 0.6 is 0 Å². The minimum absolute atomic E-state index is 0.587. The Labute approximate surface area is 827 Å². The number of rotatable bonds is 16. The van der Waals surface area contributed by atoms with Gasteiger partial charge in [0.05, 0.1) is 22.1 Å². The summed E-state index contributed by atoms with van der Waals surface area (Å²) in [7, 11) is 0. The normalized spacial score (nSPS) is 11.1. The highest BCUT2D eigenvalue weighted by Crippen LogP contribution is 2.38. The highest BCUT2D eigenvalue weighted by molar-refractivity contribution is 5.97. The molecule has 0 radical (unpaired) electrons. The number of hydrogen-bond acceptors (Lipinski definition) is 20. The van der Waals surface area contributed by atoms with Gasteiger partial charge >= 0.3 is 0 Å². The molecule has 26 aromatic rings. The molecule has 0 saturated carbocycles. The maximum atomic E-state index is 4.92. The van der Waals surface area contributed by atoms with E-state index in [1.165, 1.54) is 5.39 Å². The van der Waals surface area contributed by atoms with E-state index in [2.05, 4.69) is 216 Å². The summed E-state index contributed by atoms with van der Waals surface area (Å²) >= 11 is 0. The first kappa shape index (κ1) is 87.9. The van der Waals surface area contributed by atoms with Crippen LogP contribution in [-0.2, 0) is 0 Å². The van der Waals surface area contributed by atoms with E-state index < -0.39 is 0 Å². The van der Waals surface area contributed by atoms with Crippen LogP contribution in [0, 0.1) is 0 Å². The van der Waals surface area contributed by atoms with Crippen molar-refractivity contribution in [3.05, 3.63) is 487 Å². The Morgan fingerprint density at radius 2 is 0.403 bits per heavy atom. The first-order chi connectivity index (χ1) is 71.3. The molecule has 20 nitrogen and oxygen atoms in total. The lowest BCUT2D eigenvalue weighted by Crippen LogP contribution is -2.00. The minimum Gasteiger partial charge on any atom is -0.264 e. The molecule has 20 heteroatoms. The molecule has 144 heavy (non-hydrogen) atoms. The van der Waals surface area contributed by atoms with E-state index in [0.29, 0.717) is 69.9 Å². The van der Waals surface area contributed by atoms with Gasteiger partial charge < -0.3 is 0 Å². The SMILES string of the molecule is c1ccc(-c2nc(-c3ccc(-c4cccc5cccnc45)cc3)nc(-c3ccc4ccccc4c3)n2)cc1.c1ccc(-c2nc(-c3ccc(-c4cccc5cccnc45)cc3)nc(-c3ccc4cnccc4c3)n2)cc1.c1ccc(-c2nc(-c3ccc(-c4cccc5cncnc45)cc3)nc(-c3ccc4cncnc4c3)n2)cc1.c1ccc(-c2nc(-c3ccccc3)nc(-c3cccc(-c4cccnc4)c3)n2)cc1. The van der Waals surface area contributed by atoms with E-state index >= 15 is 0 Å². The summed E-state index contributed by atoms with van der Waals surface area (Å²) in [6, 6.07) is 143. The Morgan fingerprint density at radius 1 is 0.125 bits per heavy atom. The van der Waals surface area contributed by atoms with E-state index in [0.717, 1.165) is 171 Å². The summed E-state index contributed by atoms with van der Waals surface area (Å²) in [5.41, 5.74) is 23.6. The Kier molecular flexibility index (Phi) is 24.8. The van der Waals surface area contributed by atoms with E-state index in [9.17, 15) is 0 Å². The first-order valence-corrected chi connectivity index (χ1v) is 46.9. The van der Waals surface area contributed by atoms with Crippen LogP contribution in [0.5, 0.6) is 0 Å².